The van der Waals surface area contributed by atoms with Crippen molar-refractivity contribution in [3.05, 3.63) is 0 Å². The molecule has 4 heteroatoms. The average Bonchev–Trinajstić information content (AvgIpc) is 2.75. The molecule has 1 saturated heterocycles. The molecule has 0 unspecified atom stereocenters. The van der Waals surface area contributed by atoms with Crippen LogP contribution >= 0.6 is 0 Å². The standard InChI is InChI=1S/C11H20O4/c12-6-10-11(14)8(13)5-9(15-10)7-3-1-2-4-7/h7-14H,1-6H2/t8-,9-,10-,11+/m1/s1. The molecule has 0 aromatic carbocycles. The first-order chi connectivity index (χ1) is 7.22. The second kappa shape index (κ2) is 4.78. The van der Waals surface area contributed by atoms with E-state index in [0.29, 0.717) is 12.3 Å². The lowest BCUT2D eigenvalue weighted by molar-refractivity contribution is -0.191. The van der Waals surface area contributed by atoms with E-state index in [1.54, 1.807) is 0 Å². The highest BCUT2D eigenvalue weighted by atomic mass is 16.5. The molecule has 2 aliphatic rings. The molecular weight excluding hydrogens is 196 g/mol. The van der Waals surface area contributed by atoms with Gasteiger partial charge in [-0.3, -0.25) is 0 Å². The fourth-order valence-electron chi connectivity index (χ4n) is 2.77. The first-order valence-corrected chi connectivity index (χ1v) is 5.85. The van der Waals surface area contributed by atoms with Crippen molar-refractivity contribution in [3.8, 4) is 0 Å². The van der Waals surface area contributed by atoms with E-state index in [9.17, 15) is 10.2 Å². The highest BCUT2D eigenvalue weighted by molar-refractivity contribution is 4.89. The molecule has 1 aliphatic carbocycles. The monoisotopic (exact) mass is 216 g/mol. The van der Waals surface area contributed by atoms with Crippen molar-refractivity contribution in [1.82, 2.24) is 0 Å². The Labute approximate surface area is 89.9 Å². The van der Waals surface area contributed by atoms with Crippen LogP contribution in [0.15, 0.2) is 0 Å². The van der Waals surface area contributed by atoms with Gasteiger partial charge in [0.1, 0.15) is 12.2 Å². The number of rotatable bonds is 2. The molecule has 0 spiro atoms. The largest absolute Gasteiger partial charge is 0.394 e. The Morgan fingerprint density at radius 1 is 1.13 bits per heavy atom. The second-order valence-electron chi connectivity index (χ2n) is 4.73. The molecule has 15 heavy (non-hydrogen) atoms. The maximum atomic E-state index is 9.67. The summed E-state index contributed by atoms with van der Waals surface area (Å²) in [5.74, 6) is 0.501. The Balaban J connectivity index is 1.96. The first kappa shape index (κ1) is 11.3. The lowest BCUT2D eigenvalue weighted by Crippen LogP contribution is -2.51. The first-order valence-electron chi connectivity index (χ1n) is 5.85. The van der Waals surface area contributed by atoms with Gasteiger partial charge in [0, 0.05) is 6.42 Å². The summed E-state index contributed by atoms with van der Waals surface area (Å²) in [6, 6.07) is 0. The van der Waals surface area contributed by atoms with Crippen LogP contribution in [0.3, 0.4) is 0 Å². The average molecular weight is 216 g/mol. The van der Waals surface area contributed by atoms with Crippen molar-refractivity contribution < 1.29 is 20.1 Å². The van der Waals surface area contributed by atoms with Crippen LogP contribution in [0.25, 0.3) is 0 Å². The molecule has 88 valence electrons. The van der Waals surface area contributed by atoms with Gasteiger partial charge >= 0.3 is 0 Å². The molecule has 1 aliphatic heterocycles. The summed E-state index contributed by atoms with van der Waals surface area (Å²) in [7, 11) is 0. The number of ether oxygens (including phenoxy) is 1. The van der Waals surface area contributed by atoms with Crippen LogP contribution in [0.2, 0.25) is 0 Å². The third kappa shape index (κ3) is 2.33. The molecular formula is C11H20O4. The van der Waals surface area contributed by atoms with Crippen LogP contribution in [-0.2, 0) is 4.74 Å². The zero-order chi connectivity index (χ0) is 10.8. The van der Waals surface area contributed by atoms with Gasteiger partial charge in [0.2, 0.25) is 0 Å². The van der Waals surface area contributed by atoms with E-state index >= 15 is 0 Å². The predicted octanol–water partition coefficient (Wildman–Crippen LogP) is 0.0482. The van der Waals surface area contributed by atoms with E-state index in [1.165, 1.54) is 12.8 Å². The molecule has 0 amide bonds. The minimum absolute atomic E-state index is 0.0167. The lowest BCUT2D eigenvalue weighted by atomic mass is 9.89. The van der Waals surface area contributed by atoms with Crippen molar-refractivity contribution in [2.24, 2.45) is 5.92 Å². The van der Waals surface area contributed by atoms with E-state index in [2.05, 4.69) is 0 Å². The topological polar surface area (TPSA) is 69.9 Å². The molecule has 3 N–H and O–H groups in total. The van der Waals surface area contributed by atoms with Crippen LogP contribution in [0.1, 0.15) is 32.1 Å². The normalized spacial score (nSPS) is 43.4. The van der Waals surface area contributed by atoms with E-state index in [-0.39, 0.29) is 12.7 Å². The highest BCUT2D eigenvalue weighted by Crippen LogP contribution is 2.34. The Bertz CT molecular complexity index is 203. The third-order valence-corrected chi connectivity index (χ3v) is 3.70. The van der Waals surface area contributed by atoms with Gasteiger partial charge in [-0.05, 0) is 18.8 Å². The molecule has 1 saturated carbocycles. The molecule has 2 fully saturated rings. The van der Waals surface area contributed by atoms with Crippen molar-refractivity contribution in [1.29, 1.82) is 0 Å². The van der Waals surface area contributed by atoms with Crippen molar-refractivity contribution in [3.63, 3.8) is 0 Å². The highest BCUT2D eigenvalue weighted by Gasteiger charge is 2.39. The molecule has 0 aromatic heterocycles. The molecule has 0 aromatic rings. The summed E-state index contributed by atoms with van der Waals surface area (Å²) >= 11 is 0. The summed E-state index contributed by atoms with van der Waals surface area (Å²) < 4.78 is 5.64. The van der Waals surface area contributed by atoms with Crippen LogP contribution in [0.4, 0.5) is 0 Å². The molecule has 0 bridgehead atoms. The van der Waals surface area contributed by atoms with E-state index in [1.807, 2.05) is 0 Å². The summed E-state index contributed by atoms with van der Waals surface area (Å²) in [6.07, 6.45) is 2.97. The number of aliphatic hydroxyl groups is 3. The maximum absolute atomic E-state index is 9.67. The van der Waals surface area contributed by atoms with Gasteiger partial charge in [0.05, 0.1) is 18.8 Å². The van der Waals surface area contributed by atoms with Gasteiger partial charge in [-0.1, -0.05) is 12.8 Å². The number of hydrogen-bond donors (Lipinski definition) is 3. The smallest absolute Gasteiger partial charge is 0.109 e. The van der Waals surface area contributed by atoms with Crippen LogP contribution < -0.4 is 0 Å². The Kier molecular flexibility index (Phi) is 3.61. The number of aliphatic hydroxyl groups excluding tert-OH is 3. The van der Waals surface area contributed by atoms with E-state index in [4.69, 9.17) is 9.84 Å². The summed E-state index contributed by atoms with van der Waals surface area (Å²) in [6.45, 7) is -0.221. The zero-order valence-corrected chi connectivity index (χ0v) is 8.88. The maximum Gasteiger partial charge on any atom is 0.109 e. The quantitative estimate of drug-likeness (QED) is 0.610. The SMILES string of the molecule is OC[C@H]1O[C@@H](C2CCCC2)C[C@@H](O)[C@@H]1O. The zero-order valence-electron chi connectivity index (χ0n) is 8.88. The summed E-state index contributed by atoms with van der Waals surface area (Å²) in [4.78, 5) is 0. The predicted molar refractivity (Wildman–Crippen MR) is 54.3 cm³/mol. The Morgan fingerprint density at radius 2 is 1.80 bits per heavy atom. The van der Waals surface area contributed by atoms with E-state index in [0.717, 1.165) is 12.8 Å². The fourth-order valence-corrected chi connectivity index (χ4v) is 2.77. The van der Waals surface area contributed by atoms with Crippen LogP contribution in [0, 0.1) is 5.92 Å². The lowest BCUT2D eigenvalue weighted by Gasteiger charge is -2.38. The van der Waals surface area contributed by atoms with Gasteiger partial charge < -0.3 is 20.1 Å². The molecule has 4 nitrogen and oxygen atoms in total. The summed E-state index contributed by atoms with van der Waals surface area (Å²) in [5, 5.41) is 28.3. The van der Waals surface area contributed by atoms with E-state index < -0.39 is 18.3 Å². The minimum Gasteiger partial charge on any atom is -0.394 e. The molecule has 0 radical (unpaired) electrons. The fraction of sp³-hybridized carbons (Fsp3) is 1.00. The van der Waals surface area contributed by atoms with Gasteiger partial charge in [-0.15, -0.1) is 0 Å². The molecule has 1 heterocycles. The van der Waals surface area contributed by atoms with Crippen molar-refractivity contribution in [2.45, 2.75) is 56.5 Å². The number of hydrogen-bond acceptors (Lipinski definition) is 4. The Hall–Kier alpha value is -0.160. The van der Waals surface area contributed by atoms with Gasteiger partial charge in [-0.2, -0.15) is 0 Å². The van der Waals surface area contributed by atoms with Crippen LogP contribution in [-0.4, -0.2) is 46.3 Å². The summed E-state index contributed by atoms with van der Waals surface area (Å²) in [5.41, 5.74) is 0. The van der Waals surface area contributed by atoms with Crippen LogP contribution in [0.5, 0.6) is 0 Å². The van der Waals surface area contributed by atoms with Gasteiger partial charge in [0.15, 0.2) is 0 Å². The van der Waals surface area contributed by atoms with Crippen molar-refractivity contribution >= 4 is 0 Å². The third-order valence-electron chi connectivity index (χ3n) is 3.70. The molecule has 2 rings (SSSR count). The minimum atomic E-state index is -0.937. The van der Waals surface area contributed by atoms with Gasteiger partial charge in [0.25, 0.3) is 0 Å². The Morgan fingerprint density at radius 3 is 2.40 bits per heavy atom. The molecule has 4 atom stereocenters. The van der Waals surface area contributed by atoms with Crippen molar-refractivity contribution in [2.75, 3.05) is 6.61 Å². The second-order valence-corrected chi connectivity index (χ2v) is 4.73. The van der Waals surface area contributed by atoms with Gasteiger partial charge in [-0.25, -0.2) is 0 Å².